The Morgan fingerprint density at radius 2 is 1.98 bits per heavy atom. The van der Waals surface area contributed by atoms with Gasteiger partial charge in [-0.05, 0) is 56.1 Å². The molecule has 1 aromatic carbocycles. The van der Waals surface area contributed by atoms with Gasteiger partial charge in [0, 0.05) is 49.1 Å². The van der Waals surface area contributed by atoms with Gasteiger partial charge in [-0.15, -0.1) is 0 Å². The zero-order valence-corrected chi connectivity index (χ0v) is 23.6. The Hall–Kier alpha value is -5.15. The van der Waals surface area contributed by atoms with Gasteiger partial charge in [0.05, 0.1) is 23.1 Å². The lowest BCUT2D eigenvalue weighted by Gasteiger charge is -2.17. The number of nitriles is 1. The van der Waals surface area contributed by atoms with E-state index in [2.05, 4.69) is 32.2 Å². The van der Waals surface area contributed by atoms with Crippen molar-refractivity contribution in [2.45, 2.75) is 31.3 Å². The van der Waals surface area contributed by atoms with E-state index < -0.39 is 11.9 Å². The molecule has 12 heteroatoms. The van der Waals surface area contributed by atoms with Gasteiger partial charge in [0.15, 0.2) is 0 Å². The highest BCUT2D eigenvalue weighted by molar-refractivity contribution is 6.05. The number of amides is 2. The summed E-state index contributed by atoms with van der Waals surface area (Å²) in [5.41, 5.74) is 8.02. The molecule has 4 aromatic rings. The van der Waals surface area contributed by atoms with E-state index in [4.69, 9.17) is 11.0 Å². The third kappa shape index (κ3) is 5.67. The fourth-order valence-corrected chi connectivity index (χ4v) is 5.51. The van der Waals surface area contributed by atoms with Crippen LogP contribution in [0.25, 0.3) is 22.2 Å². The number of likely N-dealkylation sites (N-methyl/N-ethyl adjacent to an activating group) is 1. The van der Waals surface area contributed by atoms with Crippen molar-refractivity contribution in [1.29, 1.82) is 5.26 Å². The minimum absolute atomic E-state index is 0.0960. The smallest absolute Gasteiger partial charge is 0.256 e. The van der Waals surface area contributed by atoms with E-state index in [1.165, 1.54) is 36.0 Å². The largest absolute Gasteiger partial charge is 0.383 e. The van der Waals surface area contributed by atoms with Crippen LogP contribution in [0, 0.1) is 17.3 Å². The van der Waals surface area contributed by atoms with Crippen molar-refractivity contribution in [3.63, 3.8) is 0 Å². The first-order valence-corrected chi connectivity index (χ1v) is 14.1. The van der Waals surface area contributed by atoms with Gasteiger partial charge in [-0.3, -0.25) is 19.1 Å². The summed E-state index contributed by atoms with van der Waals surface area (Å²) in [7, 11) is 2.06. The second-order valence-electron chi connectivity index (χ2n) is 10.9. The molecule has 2 aliphatic rings. The lowest BCUT2D eigenvalue weighted by molar-refractivity contribution is -0.125. The number of benzene rings is 1. The third-order valence-electron chi connectivity index (χ3n) is 7.98. The number of rotatable bonds is 8. The van der Waals surface area contributed by atoms with Gasteiger partial charge in [-0.25, -0.2) is 15.0 Å². The van der Waals surface area contributed by atoms with E-state index in [-0.39, 0.29) is 29.1 Å². The van der Waals surface area contributed by atoms with Gasteiger partial charge < -0.3 is 16.0 Å². The Morgan fingerprint density at radius 1 is 1.19 bits per heavy atom. The molecule has 4 heterocycles. The van der Waals surface area contributed by atoms with Crippen LogP contribution < -0.4 is 11.1 Å². The number of hydrogen-bond acceptors (Lipinski definition) is 8. The van der Waals surface area contributed by atoms with Crippen LogP contribution in [0.2, 0.25) is 0 Å². The summed E-state index contributed by atoms with van der Waals surface area (Å²) in [5, 5.41) is 12.1. The molecule has 1 aliphatic heterocycles. The number of nitrogen functional groups attached to an aromatic ring is 1. The summed E-state index contributed by atoms with van der Waals surface area (Å²) in [4.78, 5) is 42.2. The lowest BCUT2D eigenvalue weighted by atomic mass is 10.0. The van der Waals surface area contributed by atoms with Gasteiger partial charge in [0.2, 0.25) is 11.9 Å². The van der Waals surface area contributed by atoms with E-state index in [0.29, 0.717) is 53.3 Å². The molecule has 0 bridgehead atoms. The van der Waals surface area contributed by atoms with Crippen molar-refractivity contribution in [2.24, 2.45) is 0 Å². The number of carbonyl (C=O) groups is 2. The zero-order valence-electron chi connectivity index (χ0n) is 23.6. The molecule has 0 spiro atoms. The highest BCUT2D eigenvalue weighted by Crippen LogP contribution is 2.39. The average Bonchev–Trinajstić information content (AvgIpc) is 3.68. The number of likely N-dealkylation sites (tertiary alicyclic amines) is 1. The topological polar surface area (TPSA) is 146 Å². The second kappa shape index (κ2) is 11.6. The highest BCUT2D eigenvalue weighted by atomic mass is 19.1. The number of fused-ring (bicyclic) bond motifs is 1. The van der Waals surface area contributed by atoms with Crippen molar-refractivity contribution in [1.82, 2.24) is 29.3 Å². The van der Waals surface area contributed by atoms with Gasteiger partial charge in [-0.2, -0.15) is 9.65 Å². The molecule has 1 saturated carbocycles. The first-order valence-electron chi connectivity index (χ1n) is 14.1. The Kier molecular flexibility index (Phi) is 7.56. The molecule has 2 amide bonds. The molecular weight excluding hydrogens is 549 g/mol. The van der Waals surface area contributed by atoms with E-state index in [0.717, 1.165) is 6.54 Å². The molecular formula is C31H30FN9O2. The summed E-state index contributed by atoms with van der Waals surface area (Å²) in [5.74, 6) is -0.670. The predicted molar refractivity (Wildman–Crippen MR) is 159 cm³/mol. The fourth-order valence-electron chi connectivity index (χ4n) is 5.51. The molecule has 2 fully saturated rings. The number of hydrogen-bond donors (Lipinski definition) is 2. The normalized spacial score (nSPS) is 16.7. The number of anilines is 2. The van der Waals surface area contributed by atoms with Crippen molar-refractivity contribution < 1.29 is 14.0 Å². The van der Waals surface area contributed by atoms with Crippen LogP contribution in [0.3, 0.4) is 0 Å². The first kappa shape index (κ1) is 28.0. The first-order chi connectivity index (χ1) is 20.8. The van der Waals surface area contributed by atoms with Crippen LogP contribution in [-0.4, -0.2) is 73.9 Å². The van der Waals surface area contributed by atoms with Gasteiger partial charge >= 0.3 is 0 Å². The quantitative estimate of drug-likeness (QED) is 0.300. The Balaban J connectivity index is 1.23. The number of nitrogens with zero attached hydrogens (tertiary/aromatic N) is 7. The van der Waals surface area contributed by atoms with Crippen LogP contribution >= 0.6 is 0 Å². The Labute approximate surface area is 247 Å². The lowest BCUT2D eigenvalue weighted by Crippen LogP contribution is -2.28. The molecule has 1 saturated heterocycles. The molecule has 3 aromatic heterocycles. The summed E-state index contributed by atoms with van der Waals surface area (Å²) in [6.45, 7) is 1.55. The predicted octanol–water partition coefficient (Wildman–Crippen LogP) is 3.76. The zero-order chi connectivity index (χ0) is 30.1. The molecule has 11 nitrogen and oxygen atoms in total. The van der Waals surface area contributed by atoms with Crippen molar-refractivity contribution >= 4 is 34.5 Å². The van der Waals surface area contributed by atoms with E-state index in [1.54, 1.807) is 41.3 Å². The Bertz CT molecular complexity index is 1770. The van der Waals surface area contributed by atoms with Crippen molar-refractivity contribution in [2.75, 3.05) is 37.7 Å². The maximum absolute atomic E-state index is 16.3. The van der Waals surface area contributed by atoms with Crippen molar-refractivity contribution in [3.8, 4) is 17.2 Å². The Morgan fingerprint density at radius 3 is 2.72 bits per heavy atom. The molecule has 1 aliphatic carbocycles. The number of pyridine rings is 1. The number of carbonyl (C=O) groups excluding carboxylic acids is 2. The van der Waals surface area contributed by atoms with Crippen molar-refractivity contribution in [3.05, 3.63) is 78.1 Å². The maximum atomic E-state index is 16.3. The van der Waals surface area contributed by atoms with Gasteiger partial charge in [0.1, 0.15) is 23.6 Å². The van der Waals surface area contributed by atoms with Crippen LogP contribution in [0.4, 0.5) is 16.0 Å². The molecule has 0 unspecified atom stereocenters. The van der Waals surface area contributed by atoms with Crippen LogP contribution in [0.5, 0.6) is 0 Å². The number of nitrogens with one attached hydrogen (secondary N) is 1. The molecule has 6 rings (SSSR count). The summed E-state index contributed by atoms with van der Waals surface area (Å²) in [6, 6.07) is 11.7. The maximum Gasteiger partial charge on any atom is 0.256 e. The van der Waals surface area contributed by atoms with Crippen LogP contribution in [0.1, 0.15) is 41.2 Å². The molecule has 1 atom stereocenters. The van der Waals surface area contributed by atoms with Gasteiger partial charge in [0.25, 0.3) is 5.91 Å². The summed E-state index contributed by atoms with van der Waals surface area (Å²) >= 11 is 0. The number of nitrogens with two attached hydrogens (primary N) is 1. The molecule has 0 radical (unpaired) electrons. The minimum Gasteiger partial charge on any atom is -0.383 e. The van der Waals surface area contributed by atoms with Gasteiger partial charge in [-0.1, -0.05) is 18.2 Å². The third-order valence-corrected chi connectivity index (χ3v) is 7.98. The van der Waals surface area contributed by atoms with E-state index in [9.17, 15) is 9.59 Å². The molecule has 43 heavy (non-hydrogen) atoms. The highest BCUT2D eigenvalue weighted by Gasteiger charge is 2.32. The minimum atomic E-state index is -0.530. The number of halogens is 1. The van der Waals surface area contributed by atoms with E-state index >= 15 is 4.39 Å². The summed E-state index contributed by atoms with van der Waals surface area (Å²) < 4.78 is 17.8. The fraction of sp³-hybridized carbons (Fsp3) is 0.290. The average molecular weight is 580 g/mol. The number of aromatic nitrogens is 4. The SMILES string of the molecule is CN(C/C=C/C(=O)N1CC[C@@H](n2c(F)c(-c3ccc(C(=O)Nc4cc(C#N)ccn4)cc3)c3c(N)ncnc32)C1)C1CC1. The van der Waals surface area contributed by atoms with E-state index in [1.807, 2.05) is 12.1 Å². The monoisotopic (exact) mass is 579 g/mol. The van der Waals surface area contributed by atoms with Crippen LogP contribution in [0.15, 0.2) is 61.1 Å². The molecule has 218 valence electrons. The standard InChI is InChI=1S/C31H30FN9O2/c1-39(22-8-9-22)13-2-3-25(42)40-14-11-23(17-40)41-28(32)26(27-29(34)36-18-37-30(27)41)20-4-6-21(7-5-20)31(43)38-24-15-19(16-33)10-12-35-24/h2-7,10,12,15,18,22-23H,8-9,11,13-14,17H2,1H3,(H2,34,36,37)(H,35,38,43)/b3-2+/t23-/m1/s1. The summed E-state index contributed by atoms with van der Waals surface area (Å²) in [6.07, 6.45) is 9.19. The van der Waals surface area contributed by atoms with Crippen LogP contribution in [-0.2, 0) is 4.79 Å². The second-order valence-corrected chi connectivity index (χ2v) is 10.9. The molecule has 3 N–H and O–H groups in total.